The average molecular weight is 238 g/mol. The van der Waals surface area contributed by atoms with Gasteiger partial charge in [0.1, 0.15) is 11.7 Å². The van der Waals surface area contributed by atoms with E-state index in [0.717, 1.165) is 25.7 Å². The molecule has 0 amide bonds. The Morgan fingerprint density at radius 2 is 1.82 bits per heavy atom. The van der Waals surface area contributed by atoms with Crippen molar-refractivity contribution < 1.29 is 19.1 Å². The molecule has 2 saturated carbocycles. The van der Waals surface area contributed by atoms with Gasteiger partial charge in [-0.25, -0.2) is 0 Å². The van der Waals surface area contributed by atoms with Gasteiger partial charge in [-0.05, 0) is 31.6 Å². The lowest BCUT2D eigenvalue weighted by Gasteiger charge is -2.12. The van der Waals surface area contributed by atoms with Gasteiger partial charge in [0, 0.05) is 18.8 Å². The number of ether oxygens (including phenoxy) is 1. The van der Waals surface area contributed by atoms with Gasteiger partial charge in [-0.3, -0.25) is 14.4 Å². The Morgan fingerprint density at radius 1 is 1.18 bits per heavy atom. The van der Waals surface area contributed by atoms with Gasteiger partial charge in [0.2, 0.25) is 0 Å². The summed E-state index contributed by atoms with van der Waals surface area (Å²) in [4.78, 5) is 35.1. The second kappa shape index (κ2) is 4.98. The number of hydrogen-bond acceptors (Lipinski definition) is 4. The van der Waals surface area contributed by atoms with Crippen LogP contribution >= 0.6 is 0 Å². The molecular weight excluding hydrogens is 220 g/mol. The minimum Gasteiger partial charge on any atom is -0.468 e. The molecule has 4 heteroatoms. The topological polar surface area (TPSA) is 60.4 Å². The second-order valence-electron chi connectivity index (χ2n) is 5.14. The fourth-order valence-corrected chi connectivity index (χ4v) is 2.05. The molecule has 1 atom stereocenters. The van der Waals surface area contributed by atoms with Gasteiger partial charge in [0.15, 0.2) is 5.78 Å². The summed E-state index contributed by atoms with van der Waals surface area (Å²) in [6.07, 6.45) is 4.46. The number of Topliss-reactive ketones (excluding diaryl/α,β-unsaturated/α-hetero) is 2. The maximum atomic E-state index is 11.9. The van der Waals surface area contributed by atoms with Crippen molar-refractivity contribution in [3.63, 3.8) is 0 Å². The maximum absolute atomic E-state index is 11.9. The number of esters is 1. The van der Waals surface area contributed by atoms with Crippen LogP contribution in [0.2, 0.25) is 0 Å². The van der Waals surface area contributed by atoms with Crippen LogP contribution in [0.25, 0.3) is 0 Å². The molecule has 0 aromatic rings. The smallest absolute Gasteiger partial charge is 0.316 e. The predicted octanol–water partition coefficient (Wildman–Crippen LogP) is 1.51. The molecule has 0 aromatic carbocycles. The number of methoxy groups -OCH3 is 1. The molecule has 2 fully saturated rings. The van der Waals surface area contributed by atoms with E-state index in [9.17, 15) is 14.4 Å². The highest BCUT2D eigenvalue weighted by Crippen LogP contribution is 2.36. The molecule has 0 aliphatic heterocycles. The van der Waals surface area contributed by atoms with Crippen LogP contribution in [0.5, 0.6) is 0 Å². The number of carbonyl (C=O) groups excluding carboxylic acids is 3. The van der Waals surface area contributed by atoms with Crippen LogP contribution in [-0.4, -0.2) is 24.6 Å². The third kappa shape index (κ3) is 3.38. The zero-order chi connectivity index (χ0) is 12.4. The van der Waals surface area contributed by atoms with Crippen LogP contribution in [0.3, 0.4) is 0 Å². The van der Waals surface area contributed by atoms with E-state index < -0.39 is 11.9 Å². The molecule has 2 aliphatic rings. The molecule has 0 saturated heterocycles. The van der Waals surface area contributed by atoms with Crippen LogP contribution in [0.1, 0.15) is 38.5 Å². The van der Waals surface area contributed by atoms with Gasteiger partial charge < -0.3 is 4.74 Å². The van der Waals surface area contributed by atoms with E-state index in [-0.39, 0.29) is 23.9 Å². The summed E-state index contributed by atoms with van der Waals surface area (Å²) in [5, 5.41) is 0. The fraction of sp³-hybridized carbons (Fsp3) is 0.769. The van der Waals surface area contributed by atoms with E-state index in [2.05, 4.69) is 4.74 Å². The Labute approximate surface area is 101 Å². The highest BCUT2D eigenvalue weighted by Gasteiger charge is 2.40. The Hall–Kier alpha value is -1.19. The molecule has 17 heavy (non-hydrogen) atoms. The SMILES string of the molecule is COC(=O)C(CC(=O)CC1CC1)C(=O)C1CC1. The summed E-state index contributed by atoms with van der Waals surface area (Å²) in [5.41, 5.74) is 0. The quantitative estimate of drug-likeness (QED) is 0.498. The number of rotatable bonds is 7. The van der Waals surface area contributed by atoms with Crippen molar-refractivity contribution in [1.29, 1.82) is 0 Å². The van der Waals surface area contributed by atoms with E-state index in [1.165, 1.54) is 7.11 Å². The minimum atomic E-state index is -0.848. The maximum Gasteiger partial charge on any atom is 0.316 e. The number of hydrogen-bond donors (Lipinski definition) is 0. The first-order valence-electron chi connectivity index (χ1n) is 6.25. The molecule has 0 spiro atoms. The lowest BCUT2D eigenvalue weighted by Crippen LogP contribution is -2.29. The summed E-state index contributed by atoms with van der Waals surface area (Å²) in [6.45, 7) is 0. The van der Waals surface area contributed by atoms with E-state index in [4.69, 9.17) is 0 Å². The molecule has 4 nitrogen and oxygen atoms in total. The van der Waals surface area contributed by atoms with Crippen molar-refractivity contribution >= 4 is 17.5 Å². The predicted molar refractivity (Wildman–Crippen MR) is 60.2 cm³/mol. The zero-order valence-electron chi connectivity index (χ0n) is 10.1. The van der Waals surface area contributed by atoms with E-state index in [1.54, 1.807) is 0 Å². The minimum absolute atomic E-state index is 0.00664. The molecule has 0 N–H and O–H groups in total. The second-order valence-corrected chi connectivity index (χ2v) is 5.14. The fourth-order valence-electron chi connectivity index (χ4n) is 2.05. The van der Waals surface area contributed by atoms with Gasteiger partial charge in [-0.2, -0.15) is 0 Å². The zero-order valence-corrected chi connectivity index (χ0v) is 10.1. The summed E-state index contributed by atoms with van der Waals surface area (Å²) < 4.78 is 4.62. The van der Waals surface area contributed by atoms with E-state index >= 15 is 0 Å². The van der Waals surface area contributed by atoms with Crippen molar-refractivity contribution in [1.82, 2.24) is 0 Å². The van der Waals surface area contributed by atoms with Gasteiger partial charge in [0.05, 0.1) is 7.11 Å². The average Bonchev–Trinajstić information content (AvgIpc) is 3.14. The highest BCUT2D eigenvalue weighted by molar-refractivity contribution is 6.04. The van der Waals surface area contributed by atoms with Crippen molar-refractivity contribution in [3.05, 3.63) is 0 Å². The van der Waals surface area contributed by atoms with Crippen molar-refractivity contribution in [2.24, 2.45) is 17.8 Å². The molecule has 94 valence electrons. The van der Waals surface area contributed by atoms with E-state index in [0.29, 0.717) is 12.3 Å². The normalized spacial score (nSPS) is 20.8. The van der Waals surface area contributed by atoms with Gasteiger partial charge in [0.25, 0.3) is 0 Å². The summed E-state index contributed by atoms with van der Waals surface area (Å²) in [7, 11) is 1.26. The lowest BCUT2D eigenvalue weighted by atomic mass is 9.93. The first kappa shape index (κ1) is 12.3. The van der Waals surface area contributed by atoms with Crippen LogP contribution in [0.15, 0.2) is 0 Å². The third-order valence-corrected chi connectivity index (χ3v) is 3.45. The number of carbonyl (C=O) groups is 3. The van der Waals surface area contributed by atoms with Crippen LogP contribution in [0.4, 0.5) is 0 Å². The van der Waals surface area contributed by atoms with Gasteiger partial charge in [-0.15, -0.1) is 0 Å². The van der Waals surface area contributed by atoms with Crippen molar-refractivity contribution in [3.8, 4) is 0 Å². The van der Waals surface area contributed by atoms with Crippen molar-refractivity contribution in [2.75, 3.05) is 7.11 Å². The van der Waals surface area contributed by atoms with E-state index in [1.807, 2.05) is 0 Å². The molecular formula is C13H18O4. The van der Waals surface area contributed by atoms with Gasteiger partial charge >= 0.3 is 5.97 Å². The van der Waals surface area contributed by atoms with Crippen LogP contribution in [0, 0.1) is 17.8 Å². The van der Waals surface area contributed by atoms with Crippen LogP contribution < -0.4 is 0 Å². The van der Waals surface area contributed by atoms with Crippen molar-refractivity contribution in [2.45, 2.75) is 38.5 Å². The first-order chi connectivity index (χ1) is 8.11. The Balaban J connectivity index is 1.91. The summed E-state index contributed by atoms with van der Waals surface area (Å²) in [5.74, 6) is -0.979. The standard InChI is InChI=1S/C13H18O4/c1-17-13(16)11(12(15)9-4-5-9)7-10(14)6-8-2-3-8/h8-9,11H,2-7H2,1H3. The highest BCUT2D eigenvalue weighted by atomic mass is 16.5. The van der Waals surface area contributed by atoms with Gasteiger partial charge in [-0.1, -0.05) is 0 Å². The Morgan fingerprint density at radius 3 is 2.29 bits per heavy atom. The molecule has 1 unspecified atom stereocenters. The third-order valence-electron chi connectivity index (χ3n) is 3.45. The molecule has 0 heterocycles. The number of ketones is 2. The summed E-state index contributed by atoms with van der Waals surface area (Å²) >= 11 is 0. The lowest BCUT2D eigenvalue weighted by molar-refractivity contribution is -0.151. The molecule has 2 rings (SSSR count). The van der Waals surface area contributed by atoms with Crippen LogP contribution in [-0.2, 0) is 19.1 Å². The Bertz CT molecular complexity index is 339. The molecule has 0 bridgehead atoms. The molecule has 2 aliphatic carbocycles. The Kier molecular flexibility index (Phi) is 3.60. The molecule has 0 radical (unpaired) electrons. The molecule has 0 aromatic heterocycles. The monoisotopic (exact) mass is 238 g/mol. The first-order valence-corrected chi connectivity index (χ1v) is 6.25. The largest absolute Gasteiger partial charge is 0.468 e. The summed E-state index contributed by atoms with van der Waals surface area (Å²) in [6, 6.07) is 0.